The van der Waals surface area contributed by atoms with Gasteiger partial charge in [0.25, 0.3) is 5.91 Å². The molecule has 0 bridgehead atoms. The number of rotatable bonds is 3. The van der Waals surface area contributed by atoms with E-state index in [-0.39, 0.29) is 5.91 Å². The van der Waals surface area contributed by atoms with Gasteiger partial charge in [-0.2, -0.15) is 5.10 Å². The van der Waals surface area contributed by atoms with Crippen LogP contribution in [-0.4, -0.2) is 33.7 Å². The minimum Gasteiger partial charge on any atom is -0.337 e. The Bertz CT molecular complexity index is 339. The van der Waals surface area contributed by atoms with Gasteiger partial charge >= 0.3 is 0 Å². The summed E-state index contributed by atoms with van der Waals surface area (Å²) in [4.78, 5) is 13.8. The zero-order valence-corrected chi connectivity index (χ0v) is 9.15. The minimum atomic E-state index is 0.0855. The number of aromatic nitrogens is 2. The van der Waals surface area contributed by atoms with Crippen LogP contribution in [0.3, 0.4) is 0 Å². The highest BCUT2D eigenvalue weighted by atomic mass is 16.2. The van der Waals surface area contributed by atoms with Gasteiger partial charge in [-0.25, -0.2) is 0 Å². The van der Waals surface area contributed by atoms with Crippen molar-refractivity contribution in [2.75, 3.05) is 13.1 Å². The van der Waals surface area contributed by atoms with Gasteiger partial charge in [0.2, 0.25) is 0 Å². The number of amides is 1. The minimum absolute atomic E-state index is 0.0855. The molecule has 1 aromatic heterocycles. The van der Waals surface area contributed by atoms with E-state index in [4.69, 9.17) is 0 Å². The molecule has 0 spiro atoms. The van der Waals surface area contributed by atoms with Crippen molar-refractivity contribution in [3.05, 3.63) is 18.0 Å². The molecular formula is C11H17N3O. The van der Waals surface area contributed by atoms with Crippen molar-refractivity contribution in [2.24, 2.45) is 0 Å². The number of carbonyl (C=O) groups excluding carboxylic acids is 1. The van der Waals surface area contributed by atoms with Gasteiger partial charge in [0.15, 0.2) is 0 Å². The van der Waals surface area contributed by atoms with E-state index in [1.807, 2.05) is 21.8 Å². The molecule has 1 fully saturated rings. The molecule has 1 aliphatic heterocycles. The molecular weight excluding hydrogens is 190 g/mol. The average Bonchev–Trinajstić information content (AvgIpc) is 2.87. The topological polar surface area (TPSA) is 38.1 Å². The summed E-state index contributed by atoms with van der Waals surface area (Å²) in [5, 5.41) is 4.27. The lowest BCUT2D eigenvalue weighted by Gasteiger charge is -2.12. The molecule has 1 aliphatic rings. The Morgan fingerprint density at radius 1 is 1.47 bits per heavy atom. The fourth-order valence-corrected chi connectivity index (χ4v) is 1.91. The molecule has 0 aliphatic carbocycles. The first-order chi connectivity index (χ1) is 7.31. The Labute approximate surface area is 89.9 Å². The largest absolute Gasteiger partial charge is 0.337 e. The van der Waals surface area contributed by atoms with Crippen molar-refractivity contribution in [1.82, 2.24) is 14.7 Å². The molecule has 0 aromatic carbocycles. The quantitative estimate of drug-likeness (QED) is 0.754. The van der Waals surface area contributed by atoms with E-state index in [0.29, 0.717) is 5.69 Å². The first-order valence-electron chi connectivity index (χ1n) is 5.64. The third-order valence-corrected chi connectivity index (χ3v) is 2.71. The number of aryl methyl sites for hydroxylation is 1. The molecule has 0 radical (unpaired) electrons. The van der Waals surface area contributed by atoms with Gasteiger partial charge < -0.3 is 4.90 Å². The second-order valence-electron chi connectivity index (χ2n) is 3.96. The van der Waals surface area contributed by atoms with E-state index in [9.17, 15) is 4.79 Å². The molecule has 4 nitrogen and oxygen atoms in total. The molecule has 0 N–H and O–H groups in total. The molecule has 1 saturated heterocycles. The molecule has 2 heterocycles. The maximum absolute atomic E-state index is 11.9. The van der Waals surface area contributed by atoms with E-state index in [0.717, 1.165) is 38.9 Å². The summed E-state index contributed by atoms with van der Waals surface area (Å²) in [6, 6.07) is 1.82. The van der Waals surface area contributed by atoms with E-state index in [1.165, 1.54) is 0 Å². The van der Waals surface area contributed by atoms with Crippen LogP contribution in [0.15, 0.2) is 12.3 Å². The smallest absolute Gasteiger partial charge is 0.274 e. The Hall–Kier alpha value is -1.32. The van der Waals surface area contributed by atoms with Crippen LogP contribution in [0, 0.1) is 0 Å². The van der Waals surface area contributed by atoms with E-state index in [1.54, 1.807) is 0 Å². The summed E-state index contributed by atoms with van der Waals surface area (Å²) < 4.78 is 1.84. The Morgan fingerprint density at radius 2 is 2.20 bits per heavy atom. The molecule has 0 atom stereocenters. The Kier molecular flexibility index (Phi) is 3.04. The SMILES string of the molecule is CCCn1ccc(C(=O)N2CCCC2)n1. The van der Waals surface area contributed by atoms with Crippen LogP contribution in [0.4, 0.5) is 0 Å². The molecule has 1 aromatic rings. The first-order valence-corrected chi connectivity index (χ1v) is 5.64. The fourth-order valence-electron chi connectivity index (χ4n) is 1.91. The number of hydrogen-bond donors (Lipinski definition) is 0. The third kappa shape index (κ3) is 2.19. The summed E-state index contributed by atoms with van der Waals surface area (Å²) >= 11 is 0. The molecule has 82 valence electrons. The van der Waals surface area contributed by atoms with Crippen LogP contribution in [0.1, 0.15) is 36.7 Å². The molecule has 15 heavy (non-hydrogen) atoms. The number of nitrogens with zero attached hydrogens (tertiary/aromatic N) is 3. The van der Waals surface area contributed by atoms with Gasteiger partial charge in [0.05, 0.1) is 0 Å². The van der Waals surface area contributed by atoms with Crippen molar-refractivity contribution >= 4 is 5.91 Å². The van der Waals surface area contributed by atoms with Crippen LogP contribution in [0.25, 0.3) is 0 Å². The Morgan fingerprint density at radius 3 is 2.87 bits per heavy atom. The molecule has 0 saturated carbocycles. The van der Waals surface area contributed by atoms with Crippen molar-refractivity contribution in [1.29, 1.82) is 0 Å². The predicted octanol–water partition coefficient (Wildman–Crippen LogP) is 1.53. The maximum atomic E-state index is 11.9. The molecule has 4 heteroatoms. The van der Waals surface area contributed by atoms with Crippen LogP contribution in [0.2, 0.25) is 0 Å². The van der Waals surface area contributed by atoms with Crippen molar-refractivity contribution in [2.45, 2.75) is 32.7 Å². The number of hydrogen-bond acceptors (Lipinski definition) is 2. The highest BCUT2D eigenvalue weighted by Crippen LogP contribution is 2.11. The van der Waals surface area contributed by atoms with Crippen LogP contribution < -0.4 is 0 Å². The van der Waals surface area contributed by atoms with Gasteiger partial charge in [-0.05, 0) is 25.3 Å². The van der Waals surface area contributed by atoms with Crippen LogP contribution >= 0.6 is 0 Å². The zero-order valence-electron chi connectivity index (χ0n) is 9.15. The standard InChI is InChI=1S/C11H17N3O/c1-2-6-14-9-5-10(12-14)11(15)13-7-3-4-8-13/h5,9H,2-4,6-8H2,1H3. The van der Waals surface area contributed by atoms with Gasteiger partial charge in [-0.15, -0.1) is 0 Å². The van der Waals surface area contributed by atoms with Gasteiger partial charge in [-0.1, -0.05) is 6.92 Å². The predicted molar refractivity (Wildman–Crippen MR) is 57.7 cm³/mol. The first kappa shape index (κ1) is 10.2. The fraction of sp³-hybridized carbons (Fsp3) is 0.636. The molecule has 1 amide bonds. The van der Waals surface area contributed by atoms with Gasteiger partial charge in [0, 0.05) is 25.8 Å². The summed E-state index contributed by atoms with van der Waals surface area (Å²) in [5.74, 6) is 0.0855. The van der Waals surface area contributed by atoms with E-state index >= 15 is 0 Å². The summed E-state index contributed by atoms with van der Waals surface area (Å²) in [7, 11) is 0. The summed E-state index contributed by atoms with van der Waals surface area (Å²) in [6.07, 6.45) is 5.18. The van der Waals surface area contributed by atoms with Gasteiger partial charge in [-0.3, -0.25) is 9.48 Å². The van der Waals surface area contributed by atoms with Crippen molar-refractivity contribution in [3.63, 3.8) is 0 Å². The molecule has 0 unspecified atom stereocenters. The van der Waals surface area contributed by atoms with Crippen molar-refractivity contribution < 1.29 is 4.79 Å². The normalized spacial score (nSPS) is 15.9. The average molecular weight is 207 g/mol. The second kappa shape index (κ2) is 4.47. The van der Waals surface area contributed by atoms with Crippen molar-refractivity contribution in [3.8, 4) is 0 Å². The van der Waals surface area contributed by atoms with E-state index < -0.39 is 0 Å². The highest BCUT2D eigenvalue weighted by molar-refractivity contribution is 5.92. The third-order valence-electron chi connectivity index (χ3n) is 2.71. The van der Waals surface area contributed by atoms with Crippen LogP contribution in [-0.2, 0) is 6.54 Å². The second-order valence-corrected chi connectivity index (χ2v) is 3.96. The lowest BCUT2D eigenvalue weighted by Crippen LogP contribution is -2.28. The summed E-state index contributed by atoms with van der Waals surface area (Å²) in [6.45, 7) is 4.76. The Balaban J connectivity index is 2.04. The lowest BCUT2D eigenvalue weighted by molar-refractivity contribution is 0.0786. The number of carbonyl (C=O) groups is 1. The van der Waals surface area contributed by atoms with Crippen LogP contribution in [0.5, 0.6) is 0 Å². The number of likely N-dealkylation sites (tertiary alicyclic amines) is 1. The summed E-state index contributed by atoms with van der Waals surface area (Å²) in [5.41, 5.74) is 0.588. The monoisotopic (exact) mass is 207 g/mol. The highest BCUT2D eigenvalue weighted by Gasteiger charge is 2.21. The lowest BCUT2D eigenvalue weighted by atomic mass is 10.4. The maximum Gasteiger partial charge on any atom is 0.274 e. The van der Waals surface area contributed by atoms with Gasteiger partial charge in [0.1, 0.15) is 5.69 Å². The van der Waals surface area contributed by atoms with E-state index in [2.05, 4.69) is 12.0 Å². The molecule has 2 rings (SSSR count). The zero-order chi connectivity index (χ0) is 10.7.